The first-order chi connectivity index (χ1) is 10.1. The molecule has 0 saturated carbocycles. The molecule has 21 heavy (non-hydrogen) atoms. The maximum atomic E-state index is 5.73. The van der Waals surface area contributed by atoms with Crippen LogP contribution in [0.15, 0.2) is 34.9 Å². The van der Waals surface area contributed by atoms with Crippen molar-refractivity contribution in [2.45, 2.75) is 33.9 Å². The predicted molar refractivity (Wildman–Crippen MR) is 84.9 cm³/mol. The number of aromatic nitrogens is 2. The van der Waals surface area contributed by atoms with Crippen molar-refractivity contribution in [1.82, 2.24) is 9.55 Å². The molecule has 3 rings (SSSR count). The quantitative estimate of drug-likeness (QED) is 0.794. The fourth-order valence-electron chi connectivity index (χ4n) is 2.63. The fourth-order valence-corrected chi connectivity index (χ4v) is 2.63. The minimum absolute atomic E-state index is 0.530. The lowest BCUT2D eigenvalue weighted by molar-refractivity contribution is 0.521. The molecule has 0 aliphatic carbocycles. The molecule has 0 saturated heterocycles. The molecule has 2 N–H and O–H groups in total. The number of nitrogens with zero attached hydrogens (tertiary/aromatic N) is 2. The van der Waals surface area contributed by atoms with E-state index in [2.05, 4.69) is 36.6 Å². The lowest BCUT2D eigenvalue weighted by Crippen LogP contribution is -2.06. The zero-order chi connectivity index (χ0) is 15.0. The molecule has 0 spiro atoms. The van der Waals surface area contributed by atoms with Crippen molar-refractivity contribution < 1.29 is 4.42 Å². The van der Waals surface area contributed by atoms with Crippen molar-refractivity contribution in [2.24, 2.45) is 11.7 Å². The number of rotatable bonds is 4. The van der Waals surface area contributed by atoms with Crippen molar-refractivity contribution in [3.05, 3.63) is 41.7 Å². The van der Waals surface area contributed by atoms with Gasteiger partial charge in [0.05, 0.1) is 17.3 Å². The highest BCUT2D eigenvalue weighted by atomic mass is 16.3. The van der Waals surface area contributed by atoms with Crippen LogP contribution in [0.25, 0.3) is 22.6 Å². The Morgan fingerprint density at radius 3 is 2.71 bits per heavy atom. The van der Waals surface area contributed by atoms with Crippen molar-refractivity contribution in [2.75, 3.05) is 0 Å². The summed E-state index contributed by atoms with van der Waals surface area (Å²) in [5.41, 5.74) is 10.0. The van der Waals surface area contributed by atoms with Gasteiger partial charge in [-0.2, -0.15) is 0 Å². The first kappa shape index (κ1) is 13.9. The van der Waals surface area contributed by atoms with Gasteiger partial charge in [0.25, 0.3) is 0 Å². The number of fused-ring (bicyclic) bond motifs is 1. The molecule has 4 heteroatoms. The van der Waals surface area contributed by atoms with Crippen LogP contribution in [0.3, 0.4) is 0 Å². The normalized spacial score (nSPS) is 11.7. The molecule has 0 unspecified atom stereocenters. The zero-order valence-electron chi connectivity index (χ0n) is 12.8. The maximum absolute atomic E-state index is 5.73. The molecule has 0 fully saturated rings. The molecule has 3 aromatic rings. The van der Waals surface area contributed by atoms with E-state index in [9.17, 15) is 0 Å². The molecule has 2 heterocycles. The third-order valence-electron chi connectivity index (χ3n) is 3.66. The smallest absolute Gasteiger partial charge is 0.177 e. The molecule has 2 aromatic heterocycles. The third kappa shape index (κ3) is 2.47. The van der Waals surface area contributed by atoms with Gasteiger partial charge >= 0.3 is 0 Å². The van der Waals surface area contributed by atoms with E-state index in [0.717, 1.165) is 40.3 Å². The third-order valence-corrected chi connectivity index (χ3v) is 3.66. The number of aryl methyl sites for hydroxylation is 1. The Hall–Kier alpha value is -2.07. The van der Waals surface area contributed by atoms with Crippen molar-refractivity contribution in [1.29, 1.82) is 0 Å². The van der Waals surface area contributed by atoms with Crippen LogP contribution in [0.2, 0.25) is 0 Å². The minimum Gasteiger partial charge on any atom is -0.461 e. The van der Waals surface area contributed by atoms with Gasteiger partial charge in [-0.1, -0.05) is 19.9 Å². The Bertz CT molecular complexity index is 768. The van der Waals surface area contributed by atoms with Crippen LogP contribution in [-0.2, 0) is 13.1 Å². The Morgan fingerprint density at radius 2 is 2.10 bits per heavy atom. The number of nitrogens with two attached hydrogens (primary N) is 1. The van der Waals surface area contributed by atoms with Crippen molar-refractivity contribution in [3.8, 4) is 11.6 Å². The summed E-state index contributed by atoms with van der Waals surface area (Å²) >= 11 is 0. The van der Waals surface area contributed by atoms with Gasteiger partial charge in [-0.15, -0.1) is 0 Å². The van der Waals surface area contributed by atoms with Gasteiger partial charge in [-0.05, 0) is 42.2 Å². The summed E-state index contributed by atoms with van der Waals surface area (Å²) < 4.78 is 7.89. The van der Waals surface area contributed by atoms with Crippen LogP contribution in [0, 0.1) is 12.8 Å². The van der Waals surface area contributed by atoms with E-state index < -0.39 is 0 Å². The average Bonchev–Trinajstić information content (AvgIpc) is 3.02. The van der Waals surface area contributed by atoms with Crippen LogP contribution in [0.5, 0.6) is 0 Å². The average molecular weight is 283 g/mol. The number of hydrogen-bond donors (Lipinski definition) is 1. The Balaban J connectivity index is 2.24. The van der Waals surface area contributed by atoms with Gasteiger partial charge < -0.3 is 14.7 Å². The molecule has 0 amide bonds. The SMILES string of the molecule is Cc1ccoc1-c1nc2cc(CN)ccc2n1CC(C)C. The molecule has 0 bridgehead atoms. The number of furan rings is 1. The summed E-state index contributed by atoms with van der Waals surface area (Å²) in [6, 6.07) is 8.21. The van der Waals surface area contributed by atoms with E-state index in [-0.39, 0.29) is 0 Å². The number of imidazole rings is 1. The lowest BCUT2D eigenvalue weighted by atomic mass is 10.2. The summed E-state index contributed by atoms with van der Waals surface area (Å²) in [6.07, 6.45) is 1.72. The molecular formula is C17H21N3O. The van der Waals surface area contributed by atoms with Crippen LogP contribution in [0.4, 0.5) is 0 Å². The highest BCUT2D eigenvalue weighted by molar-refractivity contribution is 5.81. The van der Waals surface area contributed by atoms with Gasteiger partial charge in [0.1, 0.15) is 0 Å². The van der Waals surface area contributed by atoms with Crippen molar-refractivity contribution >= 4 is 11.0 Å². The standard InChI is InChI=1S/C17H21N3O/c1-11(2)10-20-15-5-4-13(9-18)8-14(15)19-17(20)16-12(3)6-7-21-16/h4-8,11H,9-10,18H2,1-3H3. The van der Waals surface area contributed by atoms with E-state index in [1.807, 2.05) is 13.0 Å². The molecule has 0 aliphatic rings. The Labute approximate surface area is 124 Å². The molecule has 1 aromatic carbocycles. The molecule has 0 aliphatic heterocycles. The van der Waals surface area contributed by atoms with Gasteiger partial charge in [-0.3, -0.25) is 0 Å². The molecule has 110 valence electrons. The number of benzene rings is 1. The maximum Gasteiger partial charge on any atom is 0.177 e. The lowest BCUT2D eigenvalue weighted by Gasteiger charge is -2.11. The van der Waals surface area contributed by atoms with Gasteiger partial charge in [0, 0.05) is 13.1 Å². The fraction of sp³-hybridized carbons (Fsp3) is 0.353. The first-order valence-corrected chi connectivity index (χ1v) is 7.34. The second-order valence-electron chi connectivity index (χ2n) is 5.90. The van der Waals surface area contributed by atoms with Crippen molar-refractivity contribution in [3.63, 3.8) is 0 Å². The number of hydrogen-bond acceptors (Lipinski definition) is 3. The van der Waals surface area contributed by atoms with E-state index in [0.29, 0.717) is 12.5 Å². The van der Waals surface area contributed by atoms with E-state index in [1.54, 1.807) is 6.26 Å². The van der Waals surface area contributed by atoms with Gasteiger partial charge in [-0.25, -0.2) is 4.98 Å². The van der Waals surface area contributed by atoms with Crippen LogP contribution in [0.1, 0.15) is 25.0 Å². The summed E-state index contributed by atoms with van der Waals surface area (Å²) in [5, 5.41) is 0. The highest BCUT2D eigenvalue weighted by Gasteiger charge is 2.17. The topological polar surface area (TPSA) is 57.0 Å². The summed E-state index contributed by atoms with van der Waals surface area (Å²) in [7, 11) is 0. The van der Waals surface area contributed by atoms with Crippen LogP contribution in [-0.4, -0.2) is 9.55 Å². The Morgan fingerprint density at radius 1 is 1.29 bits per heavy atom. The second kappa shape index (κ2) is 5.37. The van der Waals surface area contributed by atoms with E-state index in [4.69, 9.17) is 15.1 Å². The molecule has 0 radical (unpaired) electrons. The zero-order valence-corrected chi connectivity index (χ0v) is 12.8. The second-order valence-corrected chi connectivity index (χ2v) is 5.90. The predicted octanol–water partition coefficient (Wildman–Crippen LogP) is 3.72. The summed E-state index contributed by atoms with van der Waals surface area (Å²) in [5.74, 6) is 2.28. The largest absolute Gasteiger partial charge is 0.461 e. The van der Waals surface area contributed by atoms with Crippen LogP contribution >= 0.6 is 0 Å². The van der Waals surface area contributed by atoms with Gasteiger partial charge in [0.2, 0.25) is 0 Å². The highest BCUT2D eigenvalue weighted by Crippen LogP contribution is 2.29. The van der Waals surface area contributed by atoms with E-state index >= 15 is 0 Å². The molecule has 0 atom stereocenters. The molecular weight excluding hydrogens is 262 g/mol. The first-order valence-electron chi connectivity index (χ1n) is 7.34. The van der Waals surface area contributed by atoms with Crippen LogP contribution < -0.4 is 5.73 Å². The van der Waals surface area contributed by atoms with E-state index in [1.165, 1.54) is 0 Å². The summed E-state index contributed by atoms with van der Waals surface area (Å²) in [6.45, 7) is 7.90. The minimum atomic E-state index is 0.530. The Kier molecular flexibility index (Phi) is 3.55. The van der Waals surface area contributed by atoms with Gasteiger partial charge in [0.15, 0.2) is 11.6 Å². The molecule has 4 nitrogen and oxygen atoms in total. The summed E-state index contributed by atoms with van der Waals surface area (Å²) in [4.78, 5) is 4.79. The monoisotopic (exact) mass is 283 g/mol.